The molecule has 1 aromatic carbocycles. The van der Waals surface area contributed by atoms with Crippen molar-refractivity contribution in [2.75, 3.05) is 12.3 Å². The van der Waals surface area contributed by atoms with Crippen LogP contribution in [0.5, 0.6) is 0 Å². The molecule has 1 atom stereocenters. The molecule has 1 rings (SSSR count). The number of anilines is 1. The molecule has 4 heteroatoms. The summed E-state index contributed by atoms with van der Waals surface area (Å²) in [6.07, 6.45) is 0.761. The lowest BCUT2D eigenvalue weighted by Gasteiger charge is -2.13. The quantitative estimate of drug-likeness (QED) is 0.620. The zero-order valence-electron chi connectivity index (χ0n) is 8.86. The van der Waals surface area contributed by atoms with Crippen molar-refractivity contribution in [3.63, 3.8) is 0 Å². The van der Waals surface area contributed by atoms with Crippen LogP contribution in [0, 0.1) is 0 Å². The summed E-state index contributed by atoms with van der Waals surface area (Å²) >= 11 is 0. The average Bonchev–Trinajstić information content (AvgIpc) is 2.17. The van der Waals surface area contributed by atoms with Gasteiger partial charge in [-0.1, -0.05) is 12.1 Å². The van der Waals surface area contributed by atoms with Crippen LogP contribution >= 0.6 is 0 Å². The minimum absolute atomic E-state index is 0.0290. The smallest absolute Gasteiger partial charge is 0.233 e. The standard InChI is InChI=1S/C11H17N3O/c1-8(14-11(15)7-12)5-9-3-2-4-10(13)6-9/h2-4,6,8H,5,7,12-13H2,1H3,(H,14,15). The van der Waals surface area contributed by atoms with Gasteiger partial charge in [-0.25, -0.2) is 0 Å². The number of nitrogens with two attached hydrogens (primary N) is 2. The van der Waals surface area contributed by atoms with Crippen molar-refractivity contribution in [1.29, 1.82) is 0 Å². The Balaban J connectivity index is 2.51. The highest BCUT2D eigenvalue weighted by Crippen LogP contribution is 2.08. The van der Waals surface area contributed by atoms with E-state index < -0.39 is 0 Å². The van der Waals surface area contributed by atoms with Crippen LogP contribution < -0.4 is 16.8 Å². The van der Waals surface area contributed by atoms with E-state index in [2.05, 4.69) is 5.32 Å². The van der Waals surface area contributed by atoms with E-state index in [9.17, 15) is 4.79 Å². The summed E-state index contributed by atoms with van der Waals surface area (Å²) in [4.78, 5) is 11.0. The van der Waals surface area contributed by atoms with Gasteiger partial charge in [-0.2, -0.15) is 0 Å². The number of carbonyl (C=O) groups is 1. The summed E-state index contributed by atoms with van der Waals surface area (Å²) in [6, 6.07) is 7.71. The van der Waals surface area contributed by atoms with Gasteiger partial charge in [0.1, 0.15) is 0 Å². The monoisotopic (exact) mass is 207 g/mol. The summed E-state index contributed by atoms with van der Waals surface area (Å²) in [6.45, 7) is 1.97. The fourth-order valence-electron chi connectivity index (χ4n) is 1.46. The van der Waals surface area contributed by atoms with E-state index in [-0.39, 0.29) is 18.5 Å². The highest BCUT2D eigenvalue weighted by molar-refractivity contribution is 5.78. The van der Waals surface area contributed by atoms with Gasteiger partial charge in [-0.05, 0) is 31.0 Å². The zero-order chi connectivity index (χ0) is 11.3. The summed E-state index contributed by atoms with van der Waals surface area (Å²) in [5, 5.41) is 2.79. The van der Waals surface area contributed by atoms with Crippen molar-refractivity contribution in [2.24, 2.45) is 5.73 Å². The fourth-order valence-corrected chi connectivity index (χ4v) is 1.46. The van der Waals surface area contributed by atoms with Crippen molar-refractivity contribution in [2.45, 2.75) is 19.4 Å². The van der Waals surface area contributed by atoms with Crippen LogP contribution in [0.3, 0.4) is 0 Å². The predicted octanol–water partition coefficient (Wildman–Crippen LogP) is 0.275. The molecule has 15 heavy (non-hydrogen) atoms. The highest BCUT2D eigenvalue weighted by Gasteiger charge is 2.06. The zero-order valence-corrected chi connectivity index (χ0v) is 8.86. The molecule has 0 bridgehead atoms. The Morgan fingerprint density at radius 3 is 2.87 bits per heavy atom. The Morgan fingerprint density at radius 1 is 1.53 bits per heavy atom. The van der Waals surface area contributed by atoms with Crippen molar-refractivity contribution < 1.29 is 4.79 Å². The second-order valence-electron chi connectivity index (χ2n) is 3.62. The van der Waals surface area contributed by atoms with Crippen LogP contribution in [-0.4, -0.2) is 18.5 Å². The molecule has 82 valence electrons. The second-order valence-corrected chi connectivity index (χ2v) is 3.62. The predicted molar refractivity (Wildman–Crippen MR) is 61.2 cm³/mol. The molecule has 0 aliphatic carbocycles. The normalized spacial score (nSPS) is 12.1. The Kier molecular flexibility index (Phi) is 4.12. The lowest BCUT2D eigenvalue weighted by molar-refractivity contribution is -0.120. The Bertz CT molecular complexity index is 338. The molecule has 0 saturated heterocycles. The number of carbonyl (C=O) groups excluding carboxylic acids is 1. The number of hydrogen-bond acceptors (Lipinski definition) is 3. The third kappa shape index (κ3) is 3.99. The number of rotatable bonds is 4. The first-order valence-electron chi connectivity index (χ1n) is 4.95. The van der Waals surface area contributed by atoms with Crippen LogP contribution in [0.4, 0.5) is 5.69 Å². The summed E-state index contributed by atoms with van der Waals surface area (Å²) in [7, 11) is 0. The van der Waals surface area contributed by atoms with Crippen molar-refractivity contribution in [3.05, 3.63) is 29.8 Å². The summed E-state index contributed by atoms with van der Waals surface area (Å²) < 4.78 is 0. The van der Waals surface area contributed by atoms with E-state index in [4.69, 9.17) is 11.5 Å². The Hall–Kier alpha value is -1.55. The Morgan fingerprint density at radius 2 is 2.27 bits per heavy atom. The Labute approximate surface area is 89.6 Å². The van der Waals surface area contributed by atoms with Crippen molar-refractivity contribution in [1.82, 2.24) is 5.32 Å². The molecule has 1 unspecified atom stereocenters. The van der Waals surface area contributed by atoms with E-state index in [1.807, 2.05) is 31.2 Å². The van der Waals surface area contributed by atoms with Gasteiger partial charge in [0.05, 0.1) is 6.54 Å². The minimum atomic E-state index is -0.133. The van der Waals surface area contributed by atoms with Crippen LogP contribution in [0.15, 0.2) is 24.3 Å². The van der Waals surface area contributed by atoms with E-state index in [1.54, 1.807) is 0 Å². The molecule has 0 aliphatic rings. The minimum Gasteiger partial charge on any atom is -0.399 e. The third-order valence-electron chi connectivity index (χ3n) is 2.09. The molecule has 0 heterocycles. The SMILES string of the molecule is CC(Cc1cccc(N)c1)NC(=O)CN. The van der Waals surface area contributed by atoms with Gasteiger partial charge in [0.25, 0.3) is 0 Å². The van der Waals surface area contributed by atoms with Gasteiger partial charge in [0.2, 0.25) is 5.91 Å². The second kappa shape index (κ2) is 5.36. The molecule has 0 aliphatic heterocycles. The lowest BCUT2D eigenvalue weighted by atomic mass is 10.1. The van der Waals surface area contributed by atoms with Gasteiger partial charge >= 0.3 is 0 Å². The van der Waals surface area contributed by atoms with Gasteiger partial charge in [0, 0.05) is 11.7 Å². The third-order valence-corrected chi connectivity index (χ3v) is 2.09. The van der Waals surface area contributed by atoms with Gasteiger partial charge in [-0.15, -0.1) is 0 Å². The number of benzene rings is 1. The van der Waals surface area contributed by atoms with Crippen LogP contribution in [0.1, 0.15) is 12.5 Å². The highest BCUT2D eigenvalue weighted by atomic mass is 16.1. The molecule has 4 nitrogen and oxygen atoms in total. The maximum absolute atomic E-state index is 11.0. The van der Waals surface area contributed by atoms with Crippen LogP contribution in [-0.2, 0) is 11.2 Å². The first kappa shape index (κ1) is 11.5. The summed E-state index contributed by atoms with van der Waals surface area (Å²) in [5.41, 5.74) is 12.7. The molecule has 1 amide bonds. The molecule has 0 radical (unpaired) electrons. The molecule has 0 saturated carbocycles. The van der Waals surface area contributed by atoms with Crippen molar-refractivity contribution in [3.8, 4) is 0 Å². The summed E-state index contributed by atoms with van der Waals surface area (Å²) in [5.74, 6) is -0.133. The van der Waals surface area contributed by atoms with Gasteiger partial charge < -0.3 is 16.8 Å². The largest absolute Gasteiger partial charge is 0.399 e. The van der Waals surface area contributed by atoms with E-state index in [1.165, 1.54) is 0 Å². The molecular formula is C11H17N3O. The number of nitrogen functional groups attached to an aromatic ring is 1. The number of nitrogens with one attached hydrogen (secondary N) is 1. The first-order chi connectivity index (χ1) is 7.11. The maximum Gasteiger partial charge on any atom is 0.233 e. The fraction of sp³-hybridized carbons (Fsp3) is 0.364. The van der Waals surface area contributed by atoms with Crippen LogP contribution in [0.25, 0.3) is 0 Å². The molecule has 0 spiro atoms. The van der Waals surface area contributed by atoms with E-state index in [0.717, 1.165) is 17.7 Å². The topological polar surface area (TPSA) is 81.1 Å². The number of hydrogen-bond donors (Lipinski definition) is 3. The van der Waals surface area contributed by atoms with Crippen LogP contribution in [0.2, 0.25) is 0 Å². The molecule has 0 fully saturated rings. The molecular weight excluding hydrogens is 190 g/mol. The lowest BCUT2D eigenvalue weighted by Crippen LogP contribution is -2.38. The molecule has 1 aromatic rings. The molecule has 0 aromatic heterocycles. The van der Waals surface area contributed by atoms with Gasteiger partial charge in [-0.3, -0.25) is 4.79 Å². The van der Waals surface area contributed by atoms with E-state index in [0.29, 0.717) is 0 Å². The number of amides is 1. The van der Waals surface area contributed by atoms with Gasteiger partial charge in [0.15, 0.2) is 0 Å². The molecule has 5 N–H and O–H groups in total. The van der Waals surface area contributed by atoms with Crippen molar-refractivity contribution >= 4 is 11.6 Å². The van der Waals surface area contributed by atoms with E-state index >= 15 is 0 Å². The maximum atomic E-state index is 11.0. The average molecular weight is 207 g/mol. The first-order valence-corrected chi connectivity index (χ1v) is 4.95.